The fraction of sp³-hybridized carbons (Fsp3) is 0.125. The van der Waals surface area contributed by atoms with Crippen LogP contribution in [0.5, 0.6) is 0 Å². The Morgan fingerprint density at radius 1 is 1.05 bits per heavy atom. The average Bonchev–Trinajstić information content (AvgIpc) is 2.53. The zero-order valence-corrected chi connectivity index (χ0v) is 11.7. The number of hydrogen-bond donors (Lipinski definition) is 2. The van der Waals surface area contributed by atoms with Crippen LogP contribution in [0.15, 0.2) is 53.7 Å². The van der Waals surface area contributed by atoms with E-state index in [4.69, 9.17) is 5.11 Å². The Kier molecular flexibility index (Phi) is 4.98. The zero-order chi connectivity index (χ0) is 15.9. The number of benzene rings is 2. The lowest BCUT2D eigenvalue weighted by molar-refractivity contribution is -0.116. The van der Waals surface area contributed by atoms with Crippen molar-refractivity contribution in [3.05, 3.63) is 64.6 Å². The van der Waals surface area contributed by atoms with Crippen LogP contribution in [0.3, 0.4) is 0 Å². The Hall–Kier alpha value is -3.02. The first-order valence-electron chi connectivity index (χ1n) is 6.64. The van der Waals surface area contributed by atoms with E-state index < -0.39 is 5.97 Å². The molecule has 0 aliphatic rings. The molecule has 0 spiro atoms. The summed E-state index contributed by atoms with van der Waals surface area (Å²) < 4.78 is 0. The van der Waals surface area contributed by atoms with Gasteiger partial charge in [0.25, 0.3) is 0 Å². The van der Waals surface area contributed by atoms with E-state index in [9.17, 15) is 14.5 Å². The summed E-state index contributed by atoms with van der Waals surface area (Å²) in [6.45, 7) is 0. The van der Waals surface area contributed by atoms with Gasteiger partial charge >= 0.3 is 5.97 Å². The van der Waals surface area contributed by atoms with E-state index in [1.165, 1.54) is 6.07 Å². The summed E-state index contributed by atoms with van der Waals surface area (Å²) in [5, 5.41) is 14.5. The number of nitroso groups, excluding NO2 is 1. The molecule has 2 rings (SSSR count). The molecule has 0 aromatic heterocycles. The topological polar surface area (TPSA) is 95.8 Å². The maximum atomic E-state index is 11.9. The Bertz CT molecular complexity index is 696. The van der Waals surface area contributed by atoms with Crippen LogP contribution in [0.4, 0.5) is 11.4 Å². The summed E-state index contributed by atoms with van der Waals surface area (Å²) in [6, 6.07) is 12.9. The van der Waals surface area contributed by atoms with Crippen molar-refractivity contribution in [3.8, 4) is 0 Å². The maximum absolute atomic E-state index is 11.9. The minimum absolute atomic E-state index is 0.0530. The first-order valence-corrected chi connectivity index (χ1v) is 6.64. The molecule has 0 fully saturated rings. The SMILES string of the molecule is O=Nc1ccc(CCC(=O)Nc2ccccc2C(=O)O)cc1. The smallest absolute Gasteiger partial charge is 0.337 e. The molecule has 0 saturated carbocycles. The second-order valence-electron chi connectivity index (χ2n) is 4.66. The second kappa shape index (κ2) is 7.12. The van der Waals surface area contributed by atoms with E-state index in [1.807, 2.05) is 0 Å². The molecule has 0 atom stereocenters. The Morgan fingerprint density at radius 2 is 1.73 bits per heavy atom. The van der Waals surface area contributed by atoms with Crippen LogP contribution in [-0.2, 0) is 11.2 Å². The van der Waals surface area contributed by atoms with E-state index in [-0.39, 0.29) is 23.6 Å². The molecule has 2 N–H and O–H groups in total. The van der Waals surface area contributed by atoms with Gasteiger partial charge in [-0.25, -0.2) is 4.79 Å². The van der Waals surface area contributed by atoms with Crippen molar-refractivity contribution in [1.82, 2.24) is 0 Å². The molecule has 112 valence electrons. The first kappa shape index (κ1) is 15.4. The average molecular weight is 298 g/mol. The van der Waals surface area contributed by atoms with Crippen LogP contribution in [0.25, 0.3) is 0 Å². The molecule has 0 heterocycles. The van der Waals surface area contributed by atoms with E-state index in [0.29, 0.717) is 12.1 Å². The van der Waals surface area contributed by atoms with Gasteiger partial charge in [-0.05, 0) is 41.4 Å². The number of aryl methyl sites for hydroxylation is 1. The lowest BCUT2D eigenvalue weighted by Gasteiger charge is -2.08. The van der Waals surface area contributed by atoms with Crippen molar-refractivity contribution in [1.29, 1.82) is 0 Å². The number of nitrogens with one attached hydrogen (secondary N) is 1. The number of carboxylic acids is 1. The van der Waals surface area contributed by atoms with Crippen LogP contribution < -0.4 is 5.32 Å². The van der Waals surface area contributed by atoms with Crippen molar-refractivity contribution < 1.29 is 14.7 Å². The van der Waals surface area contributed by atoms with Gasteiger partial charge in [0.1, 0.15) is 5.69 Å². The van der Waals surface area contributed by atoms with Gasteiger partial charge in [-0.2, -0.15) is 0 Å². The maximum Gasteiger partial charge on any atom is 0.337 e. The normalized spacial score (nSPS) is 10.0. The van der Waals surface area contributed by atoms with Crippen LogP contribution >= 0.6 is 0 Å². The van der Waals surface area contributed by atoms with Crippen molar-refractivity contribution in [2.24, 2.45) is 5.18 Å². The molecule has 2 aromatic carbocycles. The van der Waals surface area contributed by atoms with Crippen molar-refractivity contribution in [3.63, 3.8) is 0 Å². The highest BCUT2D eigenvalue weighted by atomic mass is 16.4. The van der Waals surface area contributed by atoms with Crippen molar-refractivity contribution >= 4 is 23.3 Å². The number of para-hydroxylation sites is 1. The number of amides is 1. The molecule has 2 aromatic rings. The third kappa shape index (κ3) is 3.99. The number of carbonyl (C=O) groups excluding carboxylic acids is 1. The van der Waals surface area contributed by atoms with Gasteiger partial charge in [0.15, 0.2) is 0 Å². The number of carbonyl (C=O) groups is 2. The quantitative estimate of drug-likeness (QED) is 0.799. The Balaban J connectivity index is 1.95. The van der Waals surface area contributed by atoms with Gasteiger partial charge in [-0.3, -0.25) is 4.79 Å². The number of nitrogens with zero attached hydrogens (tertiary/aromatic N) is 1. The third-order valence-corrected chi connectivity index (χ3v) is 3.11. The standard InChI is InChI=1S/C16H14N2O4/c19-15(10-7-11-5-8-12(18-22)9-6-11)17-14-4-2-1-3-13(14)16(20)21/h1-6,8-9H,7,10H2,(H,17,19)(H,20,21). The third-order valence-electron chi connectivity index (χ3n) is 3.11. The molecule has 0 aliphatic heterocycles. The summed E-state index contributed by atoms with van der Waals surface area (Å²) >= 11 is 0. The summed E-state index contributed by atoms with van der Waals surface area (Å²) in [6.07, 6.45) is 0.696. The van der Waals surface area contributed by atoms with E-state index in [1.54, 1.807) is 42.5 Å². The highest BCUT2D eigenvalue weighted by molar-refractivity contribution is 6.00. The highest BCUT2D eigenvalue weighted by Crippen LogP contribution is 2.16. The molecule has 1 amide bonds. The summed E-state index contributed by atoms with van der Waals surface area (Å²) in [5.74, 6) is -1.36. The summed E-state index contributed by atoms with van der Waals surface area (Å²) in [5.41, 5.74) is 1.57. The molecule has 6 heteroatoms. The lowest BCUT2D eigenvalue weighted by atomic mass is 10.1. The summed E-state index contributed by atoms with van der Waals surface area (Å²) in [4.78, 5) is 33.3. The van der Waals surface area contributed by atoms with Crippen molar-refractivity contribution in [2.75, 3.05) is 5.32 Å². The number of rotatable bonds is 6. The van der Waals surface area contributed by atoms with Gasteiger partial charge in [0.05, 0.1) is 11.3 Å². The predicted octanol–water partition coefficient (Wildman–Crippen LogP) is 3.35. The number of aromatic carboxylic acids is 1. The van der Waals surface area contributed by atoms with Crippen LogP contribution in [0, 0.1) is 4.91 Å². The molecule has 0 bridgehead atoms. The monoisotopic (exact) mass is 298 g/mol. The summed E-state index contributed by atoms with van der Waals surface area (Å²) in [7, 11) is 0. The van der Waals surface area contributed by atoms with Gasteiger partial charge in [0, 0.05) is 6.42 Å². The van der Waals surface area contributed by atoms with Gasteiger partial charge < -0.3 is 10.4 Å². The largest absolute Gasteiger partial charge is 0.478 e. The molecule has 0 saturated heterocycles. The van der Waals surface area contributed by atoms with Crippen LogP contribution in [-0.4, -0.2) is 17.0 Å². The second-order valence-corrected chi connectivity index (χ2v) is 4.66. The number of anilines is 1. The molecule has 0 radical (unpaired) electrons. The van der Waals surface area contributed by atoms with Gasteiger partial charge in [0.2, 0.25) is 5.91 Å². The minimum Gasteiger partial charge on any atom is -0.478 e. The minimum atomic E-state index is -1.09. The fourth-order valence-electron chi connectivity index (χ4n) is 1.97. The van der Waals surface area contributed by atoms with Crippen LogP contribution in [0.2, 0.25) is 0 Å². The van der Waals surface area contributed by atoms with Crippen molar-refractivity contribution in [2.45, 2.75) is 12.8 Å². The van der Waals surface area contributed by atoms with Gasteiger partial charge in [-0.15, -0.1) is 4.91 Å². The van der Waals surface area contributed by atoms with Crippen LogP contribution in [0.1, 0.15) is 22.3 Å². The molecule has 0 aliphatic carbocycles. The molecule has 0 unspecified atom stereocenters. The lowest BCUT2D eigenvalue weighted by Crippen LogP contribution is -2.15. The molecular formula is C16H14N2O4. The van der Waals surface area contributed by atoms with E-state index >= 15 is 0 Å². The predicted molar refractivity (Wildman–Crippen MR) is 82.2 cm³/mol. The molecular weight excluding hydrogens is 284 g/mol. The number of carboxylic acid groups (broad SMARTS) is 1. The molecule has 6 nitrogen and oxygen atoms in total. The Morgan fingerprint density at radius 3 is 2.36 bits per heavy atom. The van der Waals surface area contributed by atoms with Gasteiger partial charge in [-0.1, -0.05) is 24.3 Å². The first-order chi connectivity index (χ1) is 10.6. The zero-order valence-electron chi connectivity index (χ0n) is 11.7. The van der Waals surface area contributed by atoms with E-state index in [0.717, 1.165) is 5.56 Å². The number of hydrogen-bond acceptors (Lipinski definition) is 4. The highest BCUT2D eigenvalue weighted by Gasteiger charge is 2.11. The molecule has 22 heavy (non-hydrogen) atoms. The fourth-order valence-corrected chi connectivity index (χ4v) is 1.97. The Labute approximate surface area is 126 Å². The van der Waals surface area contributed by atoms with E-state index in [2.05, 4.69) is 10.5 Å².